The van der Waals surface area contributed by atoms with Crippen LogP contribution in [0.15, 0.2) is 0 Å². The van der Waals surface area contributed by atoms with E-state index in [2.05, 4.69) is 21.2 Å². The molecular formula is C8H14BrNO2. The Bertz CT molecular complexity index is 146. The van der Waals surface area contributed by atoms with Gasteiger partial charge in [-0.3, -0.25) is 0 Å². The Kier molecular flexibility index (Phi) is 4.43. The SMILES string of the molecule is O=C(NC1CCCC1)OCCBr. The molecular weight excluding hydrogens is 222 g/mol. The highest BCUT2D eigenvalue weighted by Gasteiger charge is 2.17. The van der Waals surface area contributed by atoms with Crippen molar-refractivity contribution in [1.29, 1.82) is 0 Å². The summed E-state index contributed by atoms with van der Waals surface area (Å²) in [6.45, 7) is 0.443. The average molecular weight is 236 g/mol. The molecule has 12 heavy (non-hydrogen) atoms. The number of halogens is 1. The van der Waals surface area contributed by atoms with E-state index in [4.69, 9.17) is 4.74 Å². The summed E-state index contributed by atoms with van der Waals surface area (Å²) in [5, 5.41) is 3.53. The van der Waals surface area contributed by atoms with Crippen molar-refractivity contribution < 1.29 is 9.53 Å². The normalized spacial score (nSPS) is 17.8. The summed E-state index contributed by atoms with van der Waals surface area (Å²) in [4.78, 5) is 11.0. The number of amides is 1. The van der Waals surface area contributed by atoms with E-state index in [0.717, 1.165) is 12.8 Å². The van der Waals surface area contributed by atoms with Crippen LogP contribution in [0.2, 0.25) is 0 Å². The summed E-state index contributed by atoms with van der Waals surface area (Å²) in [5.74, 6) is 0. The molecule has 0 atom stereocenters. The minimum absolute atomic E-state index is 0.277. The van der Waals surface area contributed by atoms with Gasteiger partial charge in [-0.2, -0.15) is 0 Å². The van der Waals surface area contributed by atoms with Gasteiger partial charge in [0.05, 0.1) is 0 Å². The number of alkyl carbamates (subject to hydrolysis) is 1. The van der Waals surface area contributed by atoms with E-state index in [9.17, 15) is 4.79 Å². The molecule has 0 aliphatic heterocycles. The molecule has 70 valence electrons. The fourth-order valence-corrected chi connectivity index (χ4v) is 1.57. The van der Waals surface area contributed by atoms with Crippen LogP contribution in [-0.4, -0.2) is 24.1 Å². The zero-order valence-corrected chi connectivity index (χ0v) is 8.60. The van der Waals surface area contributed by atoms with Gasteiger partial charge in [0.25, 0.3) is 0 Å². The van der Waals surface area contributed by atoms with Crippen LogP contribution in [0.4, 0.5) is 4.79 Å². The third kappa shape index (κ3) is 3.43. The maximum absolute atomic E-state index is 11.0. The van der Waals surface area contributed by atoms with Crippen molar-refractivity contribution >= 4 is 22.0 Å². The van der Waals surface area contributed by atoms with Crippen LogP contribution in [0.3, 0.4) is 0 Å². The fourth-order valence-electron chi connectivity index (χ4n) is 1.41. The zero-order chi connectivity index (χ0) is 8.81. The minimum Gasteiger partial charge on any atom is -0.449 e. The Morgan fingerprint density at radius 2 is 2.17 bits per heavy atom. The molecule has 1 amide bonds. The monoisotopic (exact) mass is 235 g/mol. The lowest BCUT2D eigenvalue weighted by atomic mass is 10.3. The number of ether oxygens (including phenoxy) is 1. The highest BCUT2D eigenvalue weighted by Crippen LogP contribution is 2.17. The van der Waals surface area contributed by atoms with Gasteiger partial charge in [0.2, 0.25) is 0 Å². The molecule has 0 radical (unpaired) electrons. The van der Waals surface area contributed by atoms with Gasteiger partial charge in [0.1, 0.15) is 6.61 Å². The van der Waals surface area contributed by atoms with Crippen molar-refractivity contribution in [2.45, 2.75) is 31.7 Å². The smallest absolute Gasteiger partial charge is 0.407 e. The van der Waals surface area contributed by atoms with Gasteiger partial charge in [0.15, 0.2) is 0 Å². The van der Waals surface area contributed by atoms with Crippen LogP contribution in [0, 0.1) is 0 Å². The molecule has 0 spiro atoms. The summed E-state index contributed by atoms with van der Waals surface area (Å²) >= 11 is 3.19. The Hall–Kier alpha value is -0.250. The highest BCUT2D eigenvalue weighted by atomic mass is 79.9. The number of hydrogen-bond donors (Lipinski definition) is 1. The molecule has 1 aliphatic carbocycles. The van der Waals surface area contributed by atoms with Crippen molar-refractivity contribution in [2.24, 2.45) is 0 Å². The fraction of sp³-hybridized carbons (Fsp3) is 0.875. The van der Waals surface area contributed by atoms with E-state index in [0.29, 0.717) is 18.0 Å². The topological polar surface area (TPSA) is 38.3 Å². The van der Waals surface area contributed by atoms with Crippen molar-refractivity contribution in [1.82, 2.24) is 5.32 Å². The molecule has 4 heteroatoms. The number of hydrogen-bond acceptors (Lipinski definition) is 2. The van der Waals surface area contributed by atoms with Crippen LogP contribution in [0.25, 0.3) is 0 Å². The van der Waals surface area contributed by atoms with E-state index in [1.165, 1.54) is 12.8 Å². The Labute approximate surface area is 81.0 Å². The molecule has 1 rings (SSSR count). The van der Waals surface area contributed by atoms with Crippen molar-refractivity contribution in [2.75, 3.05) is 11.9 Å². The zero-order valence-electron chi connectivity index (χ0n) is 7.01. The van der Waals surface area contributed by atoms with Crippen LogP contribution >= 0.6 is 15.9 Å². The molecule has 0 unspecified atom stereocenters. The van der Waals surface area contributed by atoms with Crippen LogP contribution < -0.4 is 5.32 Å². The molecule has 0 aromatic heterocycles. The Morgan fingerprint density at radius 3 is 2.75 bits per heavy atom. The van der Waals surface area contributed by atoms with E-state index < -0.39 is 0 Å². The standard InChI is InChI=1S/C8H14BrNO2/c9-5-6-12-8(11)10-7-3-1-2-4-7/h7H,1-6H2,(H,10,11). The quantitative estimate of drug-likeness (QED) is 0.761. The first-order chi connectivity index (χ1) is 5.83. The first-order valence-corrected chi connectivity index (χ1v) is 5.44. The van der Waals surface area contributed by atoms with Crippen LogP contribution in [0.5, 0.6) is 0 Å². The van der Waals surface area contributed by atoms with Crippen LogP contribution in [-0.2, 0) is 4.74 Å². The molecule has 0 bridgehead atoms. The van der Waals surface area contributed by atoms with Crippen LogP contribution in [0.1, 0.15) is 25.7 Å². The second-order valence-electron chi connectivity index (χ2n) is 2.95. The predicted octanol–water partition coefficient (Wildman–Crippen LogP) is 2.05. The maximum Gasteiger partial charge on any atom is 0.407 e. The van der Waals surface area contributed by atoms with Gasteiger partial charge in [-0.25, -0.2) is 4.79 Å². The summed E-state index contributed by atoms with van der Waals surface area (Å²) in [5.41, 5.74) is 0. The maximum atomic E-state index is 11.0. The van der Waals surface area contributed by atoms with E-state index >= 15 is 0 Å². The van der Waals surface area contributed by atoms with Gasteiger partial charge in [0, 0.05) is 11.4 Å². The van der Waals surface area contributed by atoms with Gasteiger partial charge in [-0.05, 0) is 12.8 Å². The average Bonchev–Trinajstić information content (AvgIpc) is 2.53. The summed E-state index contributed by atoms with van der Waals surface area (Å²) in [6, 6.07) is 0.354. The molecule has 1 N–H and O–H groups in total. The number of nitrogens with one attached hydrogen (secondary N) is 1. The lowest BCUT2D eigenvalue weighted by Gasteiger charge is -2.11. The molecule has 0 saturated heterocycles. The number of carbonyl (C=O) groups excluding carboxylic acids is 1. The van der Waals surface area contributed by atoms with E-state index in [1.54, 1.807) is 0 Å². The van der Waals surface area contributed by atoms with Crippen molar-refractivity contribution in [3.63, 3.8) is 0 Å². The molecule has 0 heterocycles. The molecule has 1 saturated carbocycles. The third-order valence-electron chi connectivity index (χ3n) is 1.99. The van der Waals surface area contributed by atoms with E-state index in [-0.39, 0.29) is 6.09 Å². The van der Waals surface area contributed by atoms with Crippen molar-refractivity contribution in [3.05, 3.63) is 0 Å². The lowest BCUT2D eigenvalue weighted by molar-refractivity contribution is 0.149. The Morgan fingerprint density at radius 1 is 1.50 bits per heavy atom. The van der Waals surface area contributed by atoms with Crippen molar-refractivity contribution in [3.8, 4) is 0 Å². The summed E-state index contributed by atoms with van der Waals surface area (Å²) < 4.78 is 4.86. The van der Waals surface area contributed by atoms with Gasteiger partial charge >= 0.3 is 6.09 Å². The number of alkyl halides is 1. The first kappa shape index (κ1) is 9.84. The molecule has 0 aromatic carbocycles. The lowest BCUT2D eigenvalue weighted by Crippen LogP contribution is -2.33. The summed E-state index contributed by atoms with van der Waals surface area (Å²) in [7, 11) is 0. The minimum atomic E-state index is -0.277. The number of rotatable bonds is 3. The third-order valence-corrected chi connectivity index (χ3v) is 2.31. The molecule has 1 aliphatic rings. The van der Waals surface area contributed by atoms with E-state index in [1.807, 2.05) is 0 Å². The predicted molar refractivity (Wildman–Crippen MR) is 50.5 cm³/mol. The van der Waals surface area contributed by atoms with Gasteiger partial charge in [-0.1, -0.05) is 28.8 Å². The first-order valence-electron chi connectivity index (χ1n) is 4.32. The summed E-state index contributed by atoms with van der Waals surface area (Å²) in [6.07, 6.45) is 4.38. The highest BCUT2D eigenvalue weighted by molar-refractivity contribution is 9.09. The largest absolute Gasteiger partial charge is 0.449 e. The second kappa shape index (κ2) is 5.41. The Balaban J connectivity index is 2.08. The molecule has 1 fully saturated rings. The van der Waals surface area contributed by atoms with Gasteiger partial charge in [-0.15, -0.1) is 0 Å². The molecule has 3 nitrogen and oxygen atoms in total. The second-order valence-corrected chi connectivity index (χ2v) is 3.74. The molecule has 0 aromatic rings. The van der Waals surface area contributed by atoms with Gasteiger partial charge < -0.3 is 10.1 Å². The number of carbonyl (C=O) groups is 1.